The van der Waals surface area contributed by atoms with E-state index in [1.807, 2.05) is 42.5 Å². The number of rotatable bonds is 7. The van der Waals surface area contributed by atoms with Crippen molar-refractivity contribution in [3.63, 3.8) is 0 Å². The molecule has 7 rings (SSSR count). The minimum absolute atomic E-state index is 0.241. The molecule has 6 aromatic rings. The normalized spacial score (nSPS) is 14.4. The number of aryl methyl sites for hydroxylation is 1. The maximum absolute atomic E-state index is 12.9. The van der Waals surface area contributed by atoms with Gasteiger partial charge in [0.25, 0.3) is 0 Å². The summed E-state index contributed by atoms with van der Waals surface area (Å²) in [5, 5.41) is 8.93. The molecule has 1 aromatic heterocycles. The van der Waals surface area contributed by atoms with Gasteiger partial charge in [0.15, 0.2) is 6.23 Å². The molecule has 0 saturated carbocycles. The Bertz CT molecular complexity index is 2080. The molecule has 1 amide bonds. The predicted molar refractivity (Wildman–Crippen MR) is 177 cm³/mol. The van der Waals surface area contributed by atoms with Crippen LogP contribution in [0.5, 0.6) is 5.75 Å². The lowest BCUT2D eigenvalue weighted by atomic mass is 9.98. The monoisotopic (exact) mass is 593 g/mol. The summed E-state index contributed by atoms with van der Waals surface area (Å²) in [6.45, 7) is 3.39. The largest absolute Gasteiger partial charge is 0.450 e. The van der Waals surface area contributed by atoms with Gasteiger partial charge in [0.1, 0.15) is 5.75 Å². The van der Waals surface area contributed by atoms with Crippen molar-refractivity contribution >= 4 is 39.4 Å². The third-order valence-corrected chi connectivity index (χ3v) is 8.08. The van der Waals surface area contributed by atoms with Crippen LogP contribution in [0.1, 0.15) is 25.8 Å². The standard InChI is InChI=1S/C38H31N3O4/c1-25(42)41-34(45-38(39-41)36-30-18-10-9-13-27(30)21-22-33(36)44-26(2)43)23-24-40-32-20-12-11-19-31(32)35(28-14-5-3-6-15-28)37(40)29-16-7-4-8-17-29/h3-22,34H,23-24H2,1-2H3/t34-/m0/s1. The number of esters is 1. The average Bonchev–Trinajstić information content (AvgIpc) is 3.63. The zero-order valence-electron chi connectivity index (χ0n) is 25.0. The summed E-state index contributed by atoms with van der Waals surface area (Å²) in [7, 11) is 0. The summed E-state index contributed by atoms with van der Waals surface area (Å²) < 4.78 is 14.4. The molecule has 7 heteroatoms. The van der Waals surface area contributed by atoms with Crippen molar-refractivity contribution in [1.29, 1.82) is 0 Å². The molecule has 222 valence electrons. The number of carbonyl (C=O) groups excluding carboxylic acids is 2. The second-order valence-electron chi connectivity index (χ2n) is 11.0. The smallest absolute Gasteiger partial charge is 0.308 e. The van der Waals surface area contributed by atoms with Gasteiger partial charge in [-0.05, 0) is 34.0 Å². The van der Waals surface area contributed by atoms with Crippen LogP contribution in [0.15, 0.2) is 126 Å². The van der Waals surface area contributed by atoms with E-state index in [1.54, 1.807) is 6.07 Å². The Kier molecular flexibility index (Phi) is 7.35. The van der Waals surface area contributed by atoms with E-state index >= 15 is 0 Å². The fourth-order valence-corrected chi connectivity index (χ4v) is 6.21. The number of para-hydroxylation sites is 1. The summed E-state index contributed by atoms with van der Waals surface area (Å²) in [5.74, 6) is -0.115. The van der Waals surface area contributed by atoms with Gasteiger partial charge in [-0.25, -0.2) is 0 Å². The summed E-state index contributed by atoms with van der Waals surface area (Å²) in [6.07, 6.45) is -0.195. The Morgan fingerprint density at radius 3 is 2.09 bits per heavy atom. The van der Waals surface area contributed by atoms with Crippen LogP contribution in [-0.4, -0.2) is 33.6 Å². The highest BCUT2D eigenvalue weighted by atomic mass is 16.5. The topological polar surface area (TPSA) is 73.1 Å². The van der Waals surface area contributed by atoms with Gasteiger partial charge in [-0.3, -0.25) is 9.59 Å². The van der Waals surface area contributed by atoms with Crippen molar-refractivity contribution in [3.05, 3.63) is 127 Å². The van der Waals surface area contributed by atoms with E-state index in [2.05, 4.69) is 82.5 Å². The van der Waals surface area contributed by atoms with Crippen LogP contribution in [0, 0.1) is 0 Å². The molecule has 0 spiro atoms. The predicted octanol–water partition coefficient (Wildman–Crippen LogP) is 8.01. The highest BCUT2D eigenvalue weighted by Gasteiger charge is 2.34. The van der Waals surface area contributed by atoms with E-state index < -0.39 is 12.2 Å². The third kappa shape index (κ3) is 5.23. The van der Waals surface area contributed by atoms with Crippen LogP contribution in [0.25, 0.3) is 44.1 Å². The zero-order valence-corrected chi connectivity index (χ0v) is 25.0. The molecule has 1 atom stereocenters. The van der Waals surface area contributed by atoms with Crippen molar-refractivity contribution in [2.45, 2.75) is 33.0 Å². The minimum Gasteiger partial charge on any atom is -0.450 e. The van der Waals surface area contributed by atoms with Crippen LogP contribution in [0.3, 0.4) is 0 Å². The van der Waals surface area contributed by atoms with Crippen LogP contribution in [0.4, 0.5) is 0 Å². The molecule has 0 N–H and O–H groups in total. The first-order valence-electron chi connectivity index (χ1n) is 15.0. The van der Waals surface area contributed by atoms with Crippen molar-refractivity contribution in [3.8, 4) is 28.1 Å². The van der Waals surface area contributed by atoms with Crippen molar-refractivity contribution < 1.29 is 19.1 Å². The highest BCUT2D eigenvalue weighted by molar-refractivity contribution is 6.10. The number of aromatic nitrogens is 1. The SMILES string of the molecule is CC(=O)Oc1ccc2ccccc2c1C1=NN(C(C)=O)[C@H](CCn2c(-c3ccccc3)c(-c3ccccc3)c3ccccc32)O1. The molecule has 0 saturated heterocycles. The zero-order chi connectivity index (χ0) is 30.9. The van der Waals surface area contributed by atoms with Crippen molar-refractivity contribution in [2.24, 2.45) is 5.10 Å². The van der Waals surface area contributed by atoms with Crippen molar-refractivity contribution in [1.82, 2.24) is 9.58 Å². The molecule has 0 radical (unpaired) electrons. The Hall–Kier alpha value is -5.69. The van der Waals surface area contributed by atoms with Gasteiger partial charge >= 0.3 is 5.97 Å². The Morgan fingerprint density at radius 2 is 1.38 bits per heavy atom. The van der Waals surface area contributed by atoms with Crippen LogP contribution < -0.4 is 4.74 Å². The summed E-state index contributed by atoms with van der Waals surface area (Å²) in [4.78, 5) is 24.9. The highest BCUT2D eigenvalue weighted by Crippen LogP contribution is 2.41. The fraction of sp³-hybridized carbons (Fsp3) is 0.132. The van der Waals surface area contributed by atoms with Crippen LogP contribution in [-0.2, 0) is 20.9 Å². The average molecular weight is 594 g/mol. The molecule has 0 aliphatic carbocycles. The first-order valence-corrected chi connectivity index (χ1v) is 15.0. The van der Waals surface area contributed by atoms with E-state index in [4.69, 9.17) is 9.47 Å². The number of amides is 1. The van der Waals surface area contributed by atoms with E-state index in [0.717, 1.165) is 44.1 Å². The van der Waals surface area contributed by atoms with Gasteiger partial charge in [-0.15, -0.1) is 5.10 Å². The maximum atomic E-state index is 12.9. The number of hydrogen-bond donors (Lipinski definition) is 0. The molecule has 1 aliphatic heterocycles. The molecule has 1 aliphatic rings. The molecular formula is C38H31N3O4. The number of hydrazone groups is 1. The van der Waals surface area contributed by atoms with Gasteiger partial charge in [0.05, 0.1) is 11.3 Å². The quantitative estimate of drug-likeness (QED) is 0.139. The number of nitrogens with zero attached hydrogens (tertiary/aromatic N) is 3. The van der Waals surface area contributed by atoms with Crippen LogP contribution in [0.2, 0.25) is 0 Å². The number of fused-ring (bicyclic) bond motifs is 2. The molecule has 5 aromatic carbocycles. The molecule has 7 nitrogen and oxygen atoms in total. The lowest BCUT2D eigenvalue weighted by Gasteiger charge is -2.21. The van der Waals surface area contributed by atoms with Gasteiger partial charge in [0.2, 0.25) is 11.8 Å². The first-order chi connectivity index (χ1) is 22.0. The van der Waals surface area contributed by atoms with E-state index in [1.165, 1.54) is 18.9 Å². The number of benzene rings is 5. The first kappa shape index (κ1) is 28.1. The Labute approximate surface area is 260 Å². The lowest BCUT2D eigenvalue weighted by molar-refractivity contribution is -0.135. The maximum Gasteiger partial charge on any atom is 0.308 e. The van der Waals surface area contributed by atoms with Gasteiger partial charge in [-0.1, -0.05) is 109 Å². The number of hydrogen-bond acceptors (Lipinski definition) is 5. The summed E-state index contributed by atoms with van der Waals surface area (Å²) in [5.41, 5.74) is 6.12. The molecular weight excluding hydrogens is 562 g/mol. The summed E-state index contributed by atoms with van der Waals surface area (Å²) in [6, 6.07) is 40.6. The number of ether oxygens (including phenoxy) is 2. The molecule has 0 bridgehead atoms. The second kappa shape index (κ2) is 11.8. The summed E-state index contributed by atoms with van der Waals surface area (Å²) >= 11 is 0. The van der Waals surface area contributed by atoms with Gasteiger partial charge in [0, 0.05) is 43.3 Å². The molecule has 45 heavy (non-hydrogen) atoms. The minimum atomic E-state index is -0.661. The van der Waals surface area contributed by atoms with E-state index in [9.17, 15) is 9.59 Å². The second-order valence-corrected chi connectivity index (χ2v) is 11.0. The van der Waals surface area contributed by atoms with Crippen molar-refractivity contribution in [2.75, 3.05) is 0 Å². The molecule has 0 fully saturated rings. The number of carbonyl (C=O) groups is 2. The lowest BCUT2D eigenvalue weighted by Crippen LogP contribution is -2.33. The van der Waals surface area contributed by atoms with Gasteiger partial charge < -0.3 is 14.0 Å². The Morgan fingerprint density at radius 1 is 0.733 bits per heavy atom. The fourth-order valence-electron chi connectivity index (χ4n) is 6.21. The van der Waals surface area contributed by atoms with Crippen LogP contribution >= 0.6 is 0 Å². The third-order valence-electron chi connectivity index (χ3n) is 8.08. The Balaban J connectivity index is 1.30. The van der Waals surface area contributed by atoms with E-state index in [-0.39, 0.29) is 11.8 Å². The van der Waals surface area contributed by atoms with E-state index in [0.29, 0.717) is 24.3 Å². The molecule has 0 unspecified atom stereocenters. The van der Waals surface area contributed by atoms with Gasteiger partial charge in [-0.2, -0.15) is 5.01 Å². The molecule has 2 heterocycles.